The summed E-state index contributed by atoms with van der Waals surface area (Å²) in [7, 11) is 0. The number of nitrogens with zero attached hydrogens (tertiary/aromatic N) is 1. The van der Waals surface area contributed by atoms with E-state index in [1.54, 1.807) is 6.07 Å². The molecule has 1 fully saturated rings. The zero-order valence-corrected chi connectivity index (χ0v) is 11.9. The average molecular weight is 275 g/mol. The van der Waals surface area contributed by atoms with Crippen molar-refractivity contribution in [2.75, 3.05) is 19.9 Å². The molecule has 1 aromatic carbocycles. The minimum absolute atomic E-state index is 0.173. The van der Waals surface area contributed by atoms with Gasteiger partial charge in [-0.05, 0) is 44.0 Å². The van der Waals surface area contributed by atoms with Crippen LogP contribution in [0.25, 0.3) is 0 Å². The quantitative estimate of drug-likeness (QED) is 0.717. The van der Waals surface area contributed by atoms with Crippen LogP contribution in [-0.2, 0) is 0 Å². The molecule has 4 nitrogen and oxygen atoms in total. The van der Waals surface area contributed by atoms with E-state index in [1.165, 1.54) is 19.3 Å². The largest absolute Gasteiger partial charge is 0.454 e. The lowest BCUT2D eigenvalue weighted by molar-refractivity contribution is 0.0923. The van der Waals surface area contributed by atoms with Gasteiger partial charge in [0.1, 0.15) is 0 Å². The first-order chi connectivity index (χ1) is 9.78. The Hall–Kier alpha value is -1.55. The fourth-order valence-corrected chi connectivity index (χ4v) is 2.54. The smallest absolute Gasteiger partial charge is 0.231 e. The van der Waals surface area contributed by atoms with Gasteiger partial charge in [-0.25, -0.2) is 0 Å². The summed E-state index contributed by atoms with van der Waals surface area (Å²) in [5.74, 6) is 1.58. The van der Waals surface area contributed by atoms with Crippen molar-refractivity contribution in [2.24, 2.45) is 0 Å². The summed E-state index contributed by atoms with van der Waals surface area (Å²) < 4.78 is 10.6. The number of hydrogen-bond donors (Lipinski definition) is 0. The van der Waals surface area contributed by atoms with Gasteiger partial charge in [0.05, 0.1) is 6.54 Å². The third-order valence-corrected chi connectivity index (χ3v) is 3.90. The molecule has 0 N–H and O–H groups in total. The minimum Gasteiger partial charge on any atom is -0.454 e. The Labute approximate surface area is 119 Å². The van der Waals surface area contributed by atoms with E-state index in [9.17, 15) is 4.79 Å². The lowest BCUT2D eigenvalue weighted by atomic mass is 10.1. The Morgan fingerprint density at radius 1 is 1.30 bits per heavy atom. The summed E-state index contributed by atoms with van der Waals surface area (Å²) in [6.07, 6.45) is 4.79. The van der Waals surface area contributed by atoms with Gasteiger partial charge >= 0.3 is 0 Å². The van der Waals surface area contributed by atoms with Crippen LogP contribution in [0.5, 0.6) is 11.5 Å². The van der Waals surface area contributed by atoms with Crippen molar-refractivity contribution < 1.29 is 14.3 Å². The normalized spacial score (nSPS) is 16.7. The van der Waals surface area contributed by atoms with Crippen LogP contribution in [0, 0.1) is 0 Å². The minimum atomic E-state index is 0.173. The standard InChI is InChI=1S/C16H21NO3/c1-2-3-8-17(13-5-6-13)10-14(18)12-4-7-15-16(9-12)20-11-19-15/h4,7,9,13H,2-3,5-6,8,10-11H2,1H3. The maximum absolute atomic E-state index is 12.4. The molecule has 2 aliphatic rings. The zero-order chi connectivity index (χ0) is 13.9. The van der Waals surface area contributed by atoms with Crippen molar-refractivity contribution in [1.82, 2.24) is 4.90 Å². The van der Waals surface area contributed by atoms with E-state index in [1.807, 2.05) is 12.1 Å². The van der Waals surface area contributed by atoms with E-state index in [0.717, 1.165) is 24.3 Å². The van der Waals surface area contributed by atoms with Gasteiger partial charge < -0.3 is 9.47 Å². The van der Waals surface area contributed by atoms with Crippen molar-refractivity contribution >= 4 is 5.78 Å². The predicted octanol–water partition coefficient (Wildman–Crippen LogP) is 2.86. The average Bonchev–Trinajstić information content (AvgIpc) is 3.20. The summed E-state index contributed by atoms with van der Waals surface area (Å²) >= 11 is 0. The van der Waals surface area contributed by atoms with Crippen LogP contribution in [0.1, 0.15) is 43.0 Å². The van der Waals surface area contributed by atoms with Gasteiger partial charge in [-0.1, -0.05) is 13.3 Å². The van der Waals surface area contributed by atoms with Crippen molar-refractivity contribution in [2.45, 2.75) is 38.6 Å². The molecule has 0 spiro atoms. The van der Waals surface area contributed by atoms with E-state index in [-0.39, 0.29) is 12.6 Å². The summed E-state index contributed by atoms with van der Waals surface area (Å²) in [5.41, 5.74) is 0.719. The third-order valence-electron chi connectivity index (χ3n) is 3.90. The molecular weight excluding hydrogens is 254 g/mol. The number of hydrogen-bond acceptors (Lipinski definition) is 4. The van der Waals surface area contributed by atoms with E-state index >= 15 is 0 Å². The molecule has 20 heavy (non-hydrogen) atoms. The number of ketones is 1. The molecule has 1 saturated carbocycles. The number of Topliss-reactive ketones (excluding diaryl/α,β-unsaturated/α-hetero) is 1. The van der Waals surface area contributed by atoms with Crippen LogP contribution >= 0.6 is 0 Å². The second kappa shape index (κ2) is 5.83. The molecule has 1 aliphatic carbocycles. The fourth-order valence-electron chi connectivity index (χ4n) is 2.54. The highest BCUT2D eigenvalue weighted by atomic mass is 16.7. The van der Waals surface area contributed by atoms with E-state index in [4.69, 9.17) is 9.47 Å². The van der Waals surface area contributed by atoms with Gasteiger partial charge in [-0.3, -0.25) is 9.69 Å². The van der Waals surface area contributed by atoms with E-state index in [0.29, 0.717) is 18.3 Å². The molecule has 0 aromatic heterocycles. The second-order valence-electron chi connectivity index (χ2n) is 5.55. The van der Waals surface area contributed by atoms with E-state index < -0.39 is 0 Å². The SMILES string of the molecule is CCCCN(CC(=O)c1ccc2c(c1)OCO2)C1CC1. The van der Waals surface area contributed by atoms with Crippen LogP contribution in [0.15, 0.2) is 18.2 Å². The van der Waals surface area contributed by atoms with Gasteiger partial charge in [0.25, 0.3) is 0 Å². The highest BCUT2D eigenvalue weighted by molar-refractivity contribution is 5.98. The topological polar surface area (TPSA) is 38.8 Å². The number of unbranched alkanes of at least 4 members (excludes halogenated alkanes) is 1. The monoisotopic (exact) mass is 275 g/mol. The van der Waals surface area contributed by atoms with Crippen molar-refractivity contribution in [3.05, 3.63) is 23.8 Å². The number of carbonyl (C=O) groups excluding carboxylic acids is 1. The number of ether oxygens (including phenoxy) is 2. The number of benzene rings is 1. The molecule has 1 heterocycles. The zero-order valence-electron chi connectivity index (χ0n) is 11.9. The number of carbonyl (C=O) groups is 1. The van der Waals surface area contributed by atoms with Crippen molar-refractivity contribution in [3.63, 3.8) is 0 Å². The van der Waals surface area contributed by atoms with E-state index in [2.05, 4.69) is 11.8 Å². The third kappa shape index (κ3) is 2.96. The Morgan fingerprint density at radius 3 is 2.85 bits per heavy atom. The van der Waals surface area contributed by atoms with Crippen LogP contribution in [-0.4, -0.2) is 36.6 Å². The maximum atomic E-state index is 12.4. The summed E-state index contributed by atoms with van der Waals surface area (Å²) in [6.45, 7) is 3.98. The van der Waals surface area contributed by atoms with Crippen LogP contribution in [0.4, 0.5) is 0 Å². The first-order valence-corrected chi connectivity index (χ1v) is 7.45. The fraction of sp³-hybridized carbons (Fsp3) is 0.562. The molecule has 1 aliphatic heterocycles. The van der Waals surface area contributed by atoms with Gasteiger partial charge in [0.2, 0.25) is 6.79 Å². The molecule has 0 bridgehead atoms. The molecule has 0 unspecified atom stereocenters. The molecule has 0 radical (unpaired) electrons. The maximum Gasteiger partial charge on any atom is 0.231 e. The summed E-state index contributed by atoms with van der Waals surface area (Å²) in [5, 5.41) is 0. The molecule has 0 atom stereocenters. The predicted molar refractivity (Wildman–Crippen MR) is 76.4 cm³/mol. The van der Waals surface area contributed by atoms with Gasteiger partial charge in [0.15, 0.2) is 17.3 Å². The first kappa shape index (κ1) is 13.4. The Kier molecular flexibility index (Phi) is 3.92. The summed E-state index contributed by atoms with van der Waals surface area (Å²) in [4.78, 5) is 14.7. The van der Waals surface area contributed by atoms with Crippen molar-refractivity contribution in [3.8, 4) is 11.5 Å². The lowest BCUT2D eigenvalue weighted by Gasteiger charge is -2.20. The number of fused-ring (bicyclic) bond motifs is 1. The molecule has 3 rings (SSSR count). The van der Waals surface area contributed by atoms with Gasteiger partial charge in [0, 0.05) is 11.6 Å². The van der Waals surface area contributed by atoms with Crippen LogP contribution < -0.4 is 9.47 Å². The Balaban J connectivity index is 1.65. The molecule has 1 aromatic rings. The molecule has 0 amide bonds. The molecule has 4 heteroatoms. The molecule has 0 saturated heterocycles. The number of rotatable bonds is 7. The Morgan fingerprint density at radius 2 is 2.10 bits per heavy atom. The highest BCUT2D eigenvalue weighted by Crippen LogP contribution is 2.33. The lowest BCUT2D eigenvalue weighted by Crippen LogP contribution is -2.32. The molecular formula is C16H21NO3. The first-order valence-electron chi connectivity index (χ1n) is 7.45. The van der Waals surface area contributed by atoms with Crippen LogP contribution in [0.3, 0.4) is 0 Å². The second-order valence-corrected chi connectivity index (χ2v) is 5.55. The van der Waals surface area contributed by atoms with Gasteiger partial charge in [-0.2, -0.15) is 0 Å². The molecule has 108 valence electrons. The Bertz CT molecular complexity index is 496. The van der Waals surface area contributed by atoms with Gasteiger partial charge in [-0.15, -0.1) is 0 Å². The van der Waals surface area contributed by atoms with Crippen molar-refractivity contribution in [1.29, 1.82) is 0 Å². The summed E-state index contributed by atoms with van der Waals surface area (Å²) in [6, 6.07) is 6.08. The highest BCUT2D eigenvalue weighted by Gasteiger charge is 2.30. The van der Waals surface area contributed by atoms with Crippen LogP contribution in [0.2, 0.25) is 0 Å².